The van der Waals surface area contributed by atoms with Gasteiger partial charge in [0, 0.05) is 17.7 Å². The first kappa shape index (κ1) is 34.9. The van der Waals surface area contributed by atoms with Gasteiger partial charge in [0.25, 0.3) is 5.91 Å². The Morgan fingerprint density at radius 1 is 0.959 bits per heavy atom. The summed E-state index contributed by atoms with van der Waals surface area (Å²) < 4.78 is 40.6. The number of rotatable bonds is 12. The summed E-state index contributed by atoms with van der Waals surface area (Å²) in [6.45, 7) is 4.99. The second-order valence-corrected chi connectivity index (χ2v) is 12.0. The molecule has 256 valence electrons. The number of nitrogens with one attached hydrogen (secondary N) is 2. The van der Waals surface area contributed by atoms with Crippen molar-refractivity contribution < 1.29 is 32.6 Å². The minimum Gasteiger partial charge on any atom is -0.460 e. The average molecular weight is 673 g/mol. The number of carbonyl (C=O) groups is 3. The van der Waals surface area contributed by atoms with Gasteiger partial charge in [0.1, 0.15) is 12.4 Å². The Bertz CT molecular complexity index is 1880. The number of H-pyrrole nitrogens is 1. The van der Waals surface area contributed by atoms with E-state index < -0.39 is 59.0 Å². The number of aromatic nitrogens is 2. The van der Waals surface area contributed by atoms with Crippen LogP contribution in [-0.2, 0) is 20.9 Å². The molecule has 2 N–H and O–H groups in total. The van der Waals surface area contributed by atoms with E-state index in [4.69, 9.17) is 9.47 Å². The zero-order valence-electron chi connectivity index (χ0n) is 27.5. The van der Waals surface area contributed by atoms with Gasteiger partial charge in [0.05, 0.1) is 23.7 Å². The zero-order chi connectivity index (χ0) is 35.1. The number of ether oxygens (including phenoxy) is 2. The fourth-order valence-electron chi connectivity index (χ4n) is 6.51. The topological polar surface area (TPSA) is 131 Å². The highest BCUT2D eigenvalue weighted by Crippen LogP contribution is 2.47. The lowest BCUT2D eigenvalue weighted by molar-refractivity contribution is -0.164. The number of aromatic amines is 1. The number of amides is 2. The molecular weight excluding hydrogens is 634 g/mol. The Morgan fingerprint density at radius 3 is 2.41 bits per heavy atom. The normalized spacial score (nSPS) is 15.9. The van der Waals surface area contributed by atoms with Crippen molar-refractivity contribution in [1.82, 2.24) is 20.4 Å². The molecule has 2 amide bonds. The molecule has 2 heterocycles. The lowest BCUT2D eigenvalue weighted by Crippen LogP contribution is -2.53. The number of esters is 1. The van der Waals surface area contributed by atoms with E-state index in [-0.39, 0.29) is 23.7 Å². The van der Waals surface area contributed by atoms with Gasteiger partial charge in [-0.25, -0.2) is 13.9 Å². The van der Waals surface area contributed by atoms with Crippen LogP contribution in [0.15, 0.2) is 83.7 Å². The predicted molar refractivity (Wildman–Crippen MR) is 177 cm³/mol. The highest BCUT2D eigenvalue weighted by atomic mass is 19.1. The molecule has 1 aliphatic heterocycles. The minimum atomic E-state index is -1.06. The Balaban J connectivity index is 1.36. The summed E-state index contributed by atoms with van der Waals surface area (Å²) in [4.78, 5) is 54.6. The van der Waals surface area contributed by atoms with Gasteiger partial charge in [-0.1, -0.05) is 56.3 Å². The minimum absolute atomic E-state index is 0.0740. The third-order valence-corrected chi connectivity index (χ3v) is 9.14. The molecule has 0 aliphatic carbocycles. The van der Waals surface area contributed by atoms with Gasteiger partial charge in [-0.05, 0) is 74.1 Å². The first-order chi connectivity index (χ1) is 23.6. The van der Waals surface area contributed by atoms with Crippen LogP contribution in [0.2, 0.25) is 0 Å². The monoisotopic (exact) mass is 672 g/mol. The highest BCUT2D eigenvalue weighted by molar-refractivity contribution is 5.96. The number of aryl methyl sites for hydroxylation is 1. The Hall–Kier alpha value is -5.39. The number of nitrogens with zero attached hydrogens (tertiary/aromatic N) is 2. The molecule has 0 spiro atoms. The molecule has 49 heavy (non-hydrogen) atoms. The molecule has 0 unspecified atom stereocenters. The second kappa shape index (κ2) is 15.2. The molecule has 0 saturated carbocycles. The third kappa shape index (κ3) is 7.69. The van der Waals surface area contributed by atoms with Crippen molar-refractivity contribution in [2.75, 3.05) is 6.54 Å². The van der Waals surface area contributed by atoms with Gasteiger partial charge in [-0.15, -0.1) is 0 Å². The van der Waals surface area contributed by atoms with E-state index in [0.717, 1.165) is 11.6 Å². The van der Waals surface area contributed by atoms with Crippen LogP contribution in [0.25, 0.3) is 0 Å². The van der Waals surface area contributed by atoms with Crippen molar-refractivity contribution in [2.24, 2.45) is 5.41 Å². The summed E-state index contributed by atoms with van der Waals surface area (Å²) in [7, 11) is 0. The van der Waals surface area contributed by atoms with Gasteiger partial charge in [-0.2, -0.15) is 5.10 Å². The molecule has 0 bridgehead atoms. The summed E-state index contributed by atoms with van der Waals surface area (Å²) in [5, 5.41) is 8.56. The van der Waals surface area contributed by atoms with E-state index in [0.29, 0.717) is 36.9 Å². The number of carbonyl (C=O) groups excluding carboxylic acids is 3. The van der Waals surface area contributed by atoms with Crippen LogP contribution >= 0.6 is 0 Å². The molecule has 1 saturated heterocycles. The van der Waals surface area contributed by atoms with E-state index >= 15 is 0 Å². The molecular formula is C37H38F2N4O6. The standard InChI is InChI=1S/C37H38F2N4O6/c1-4-37(5-2,36(47)48-22-24-10-7-6-8-11-24)32-17-15-29(25-12-9-13-27(38)19-25)43(32)33(44)21-40-34(45)26-14-16-30(28(39)20-26)49-31-18-23(3)41-42-35(31)46/h6-14,16,18-20,29,32H,4-5,15,17,21-22H2,1-3H3,(H,40,45)(H,42,46)/t29-,32+/m0/s1. The number of hydrogen-bond acceptors (Lipinski definition) is 7. The fraction of sp³-hybridized carbons (Fsp3) is 0.324. The maximum Gasteiger partial charge on any atom is 0.314 e. The van der Waals surface area contributed by atoms with Crippen molar-refractivity contribution in [3.05, 3.63) is 123 Å². The molecule has 4 aromatic rings. The molecule has 3 aromatic carbocycles. The molecule has 12 heteroatoms. The van der Waals surface area contributed by atoms with Crippen molar-refractivity contribution in [2.45, 2.75) is 65.1 Å². The Morgan fingerprint density at radius 2 is 1.71 bits per heavy atom. The van der Waals surface area contributed by atoms with Crippen LogP contribution in [0.5, 0.6) is 11.5 Å². The van der Waals surface area contributed by atoms with Crippen LogP contribution < -0.4 is 15.6 Å². The smallest absolute Gasteiger partial charge is 0.314 e. The van der Waals surface area contributed by atoms with Gasteiger partial charge >= 0.3 is 11.5 Å². The van der Waals surface area contributed by atoms with Crippen molar-refractivity contribution in [3.8, 4) is 11.5 Å². The number of hydrogen-bond donors (Lipinski definition) is 2. The van der Waals surface area contributed by atoms with Crippen LogP contribution in [0, 0.1) is 24.0 Å². The maximum absolute atomic E-state index is 15.0. The molecule has 1 aliphatic rings. The van der Waals surface area contributed by atoms with E-state index in [9.17, 15) is 28.0 Å². The number of benzene rings is 3. The average Bonchev–Trinajstić information content (AvgIpc) is 3.55. The Kier molecular flexibility index (Phi) is 10.9. The lowest BCUT2D eigenvalue weighted by atomic mass is 9.74. The molecule has 10 nitrogen and oxygen atoms in total. The summed E-state index contributed by atoms with van der Waals surface area (Å²) in [6, 6.07) is 18.9. The maximum atomic E-state index is 15.0. The van der Waals surface area contributed by atoms with Crippen molar-refractivity contribution in [1.29, 1.82) is 0 Å². The third-order valence-electron chi connectivity index (χ3n) is 9.14. The largest absolute Gasteiger partial charge is 0.460 e. The fourth-order valence-corrected chi connectivity index (χ4v) is 6.51. The first-order valence-electron chi connectivity index (χ1n) is 16.2. The van der Waals surface area contributed by atoms with Crippen molar-refractivity contribution in [3.63, 3.8) is 0 Å². The lowest BCUT2D eigenvalue weighted by Gasteiger charge is -2.42. The number of halogens is 2. The van der Waals surface area contributed by atoms with E-state index in [1.165, 1.54) is 30.3 Å². The quantitative estimate of drug-likeness (QED) is 0.172. The van der Waals surface area contributed by atoms with Gasteiger partial charge in [-0.3, -0.25) is 19.2 Å². The van der Waals surface area contributed by atoms with Crippen LogP contribution in [0.4, 0.5) is 8.78 Å². The SMILES string of the molecule is CCC(CC)(C(=O)OCc1ccccc1)[C@H]1CC[C@@H](c2cccc(F)c2)N1C(=O)CNC(=O)c1ccc(Oc2cc(C)n[nH]c2=O)c(F)c1. The van der Waals surface area contributed by atoms with Crippen LogP contribution in [0.1, 0.15) is 72.8 Å². The summed E-state index contributed by atoms with van der Waals surface area (Å²) in [5.41, 5.74) is 0.0510. The second-order valence-electron chi connectivity index (χ2n) is 12.0. The van der Waals surface area contributed by atoms with E-state index in [1.807, 2.05) is 44.2 Å². The van der Waals surface area contributed by atoms with Gasteiger partial charge in [0.15, 0.2) is 17.3 Å². The first-order valence-corrected chi connectivity index (χ1v) is 16.2. The Labute approximate surface area is 282 Å². The van der Waals surface area contributed by atoms with Crippen molar-refractivity contribution >= 4 is 17.8 Å². The van der Waals surface area contributed by atoms with E-state index in [1.54, 1.807) is 24.0 Å². The molecule has 5 rings (SSSR count). The molecule has 0 radical (unpaired) electrons. The van der Waals surface area contributed by atoms with Crippen LogP contribution in [0.3, 0.4) is 0 Å². The van der Waals surface area contributed by atoms with Gasteiger partial charge in [0.2, 0.25) is 5.91 Å². The summed E-state index contributed by atoms with van der Waals surface area (Å²) in [6.07, 6.45) is 1.68. The zero-order valence-corrected chi connectivity index (χ0v) is 27.5. The highest BCUT2D eigenvalue weighted by Gasteiger charge is 2.52. The molecule has 1 fully saturated rings. The number of likely N-dealkylation sites (tertiary alicyclic amines) is 1. The summed E-state index contributed by atoms with van der Waals surface area (Å²) in [5.74, 6) is -3.45. The van der Waals surface area contributed by atoms with Crippen LogP contribution in [-0.4, -0.2) is 45.5 Å². The van der Waals surface area contributed by atoms with Gasteiger partial charge < -0.3 is 19.7 Å². The van der Waals surface area contributed by atoms with E-state index in [2.05, 4.69) is 15.5 Å². The molecule has 2 atom stereocenters. The predicted octanol–water partition coefficient (Wildman–Crippen LogP) is 6.16. The summed E-state index contributed by atoms with van der Waals surface area (Å²) >= 11 is 0. The molecule has 1 aromatic heterocycles.